The molecular formula is C14H20N2O4S. The lowest BCUT2D eigenvalue weighted by Gasteiger charge is -2.21. The predicted molar refractivity (Wildman–Crippen MR) is 78.7 cm³/mol. The number of rotatable bonds is 6. The zero-order valence-corrected chi connectivity index (χ0v) is 12.5. The van der Waals surface area contributed by atoms with E-state index in [0.717, 1.165) is 18.5 Å². The van der Waals surface area contributed by atoms with Crippen molar-refractivity contribution in [3.63, 3.8) is 0 Å². The summed E-state index contributed by atoms with van der Waals surface area (Å²) in [4.78, 5) is 0.267. The summed E-state index contributed by atoms with van der Waals surface area (Å²) in [5.41, 5.74) is -0.0566. The molecule has 1 atom stereocenters. The van der Waals surface area contributed by atoms with Crippen LogP contribution in [-0.2, 0) is 14.8 Å². The molecule has 1 saturated carbocycles. The van der Waals surface area contributed by atoms with Gasteiger partial charge in [0, 0.05) is 31.3 Å². The summed E-state index contributed by atoms with van der Waals surface area (Å²) < 4.78 is 31.9. The van der Waals surface area contributed by atoms with Gasteiger partial charge in [-0.25, -0.2) is 13.1 Å². The zero-order chi connectivity index (χ0) is 14.9. The maximum absolute atomic E-state index is 12.0. The van der Waals surface area contributed by atoms with Crippen molar-refractivity contribution in [3.05, 3.63) is 24.3 Å². The van der Waals surface area contributed by atoms with Crippen LogP contribution in [0.2, 0.25) is 0 Å². The van der Waals surface area contributed by atoms with Crippen LogP contribution in [0.3, 0.4) is 0 Å². The van der Waals surface area contributed by atoms with Gasteiger partial charge in [0.05, 0.1) is 11.5 Å². The third kappa shape index (κ3) is 3.74. The molecule has 0 spiro atoms. The topological polar surface area (TPSA) is 87.7 Å². The molecule has 6 nitrogen and oxygen atoms in total. The standard InChI is InChI=1S/C14H20N2O4S/c17-14(7-8-20-10-14)9-15-11-3-5-13(6-4-11)21(18,19)16-12-1-2-12/h3-6,12,15-17H,1-2,7-10H2. The number of hydrogen-bond acceptors (Lipinski definition) is 5. The number of aliphatic hydroxyl groups is 1. The molecular weight excluding hydrogens is 292 g/mol. The van der Waals surface area contributed by atoms with Gasteiger partial charge in [-0.1, -0.05) is 0 Å². The van der Waals surface area contributed by atoms with Crippen LogP contribution in [0.5, 0.6) is 0 Å². The van der Waals surface area contributed by atoms with Crippen molar-refractivity contribution < 1.29 is 18.3 Å². The van der Waals surface area contributed by atoms with Gasteiger partial charge in [-0.15, -0.1) is 0 Å². The predicted octanol–water partition coefficient (Wildman–Crippen LogP) is 0.691. The van der Waals surface area contributed by atoms with Crippen molar-refractivity contribution in [2.75, 3.05) is 25.1 Å². The quantitative estimate of drug-likeness (QED) is 0.719. The van der Waals surface area contributed by atoms with Gasteiger partial charge < -0.3 is 15.2 Å². The summed E-state index contributed by atoms with van der Waals surface area (Å²) in [5, 5.41) is 13.3. The van der Waals surface area contributed by atoms with E-state index in [1.54, 1.807) is 24.3 Å². The van der Waals surface area contributed by atoms with Crippen LogP contribution in [0.1, 0.15) is 19.3 Å². The summed E-state index contributed by atoms with van der Waals surface area (Å²) in [6.45, 7) is 1.29. The van der Waals surface area contributed by atoms with E-state index in [9.17, 15) is 13.5 Å². The molecule has 3 rings (SSSR count). The molecule has 1 heterocycles. The third-order valence-electron chi connectivity index (χ3n) is 3.77. The Balaban J connectivity index is 1.61. The van der Waals surface area contributed by atoms with Crippen LogP contribution >= 0.6 is 0 Å². The number of benzene rings is 1. The monoisotopic (exact) mass is 312 g/mol. The number of hydrogen-bond donors (Lipinski definition) is 3. The van der Waals surface area contributed by atoms with Crippen LogP contribution in [0.25, 0.3) is 0 Å². The zero-order valence-electron chi connectivity index (χ0n) is 11.7. The van der Waals surface area contributed by atoms with E-state index in [2.05, 4.69) is 10.0 Å². The van der Waals surface area contributed by atoms with Crippen molar-refractivity contribution in [1.82, 2.24) is 4.72 Å². The minimum Gasteiger partial charge on any atom is -0.386 e. The van der Waals surface area contributed by atoms with Gasteiger partial charge in [0.15, 0.2) is 0 Å². The molecule has 1 aromatic carbocycles. The van der Waals surface area contributed by atoms with Gasteiger partial charge in [-0.3, -0.25) is 0 Å². The van der Waals surface area contributed by atoms with E-state index in [0.29, 0.717) is 26.2 Å². The van der Waals surface area contributed by atoms with Gasteiger partial charge >= 0.3 is 0 Å². The van der Waals surface area contributed by atoms with Crippen LogP contribution in [-0.4, -0.2) is 44.9 Å². The molecule has 1 unspecified atom stereocenters. The fraction of sp³-hybridized carbons (Fsp3) is 0.571. The molecule has 116 valence electrons. The first-order valence-electron chi connectivity index (χ1n) is 7.13. The Morgan fingerprint density at radius 3 is 2.57 bits per heavy atom. The summed E-state index contributed by atoms with van der Waals surface area (Å²) in [5.74, 6) is 0. The van der Waals surface area contributed by atoms with Gasteiger partial charge in [-0.2, -0.15) is 0 Å². The third-order valence-corrected chi connectivity index (χ3v) is 5.30. The molecule has 0 amide bonds. The number of ether oxygens (including phenoxy) is 1. The minimum atomic E-state index is -3.40. The molecule has 7 heteroatoms. The largest absolute Gasteiger partial charge is 0.386 e. The van der Waals surface area contributed by atoms with Gasteiger partial charge in [-0.05, 0) is 37.1 Å². The summed E-state index contributed by atoms with van der Waals surface area (Å²) in [6, 6.07) is 6.66. The SMILES string of the molecule is O=S(=O)(NC1CC1)c1ccc(NCC2(O)CCOC2)cc1. The number of nitrogens with one attached hydrogen (secondary N) is 2. The lowest BCUT2D eigenvalue weighted by atomic mass is 10.0. The number of anilines is 1. The first kappa shape index (κ1) is 14.8. The van der Waals surface area contributed by atoms with E-state index in [4.69, 9.17) is 4.74 Å². The highest BCUT2D eigenvalue weighted by Crippen LogP contribution is 2.23. The maximum Gasteiger partial charge on any atom is 0.240 e. The molecule has 3 N–H and O–H groups in total. The summed E-state index contributed by atoms with van der Waals surface area (Å²) >= 11 is 0. The molecule has 0 bridgehead atoms. The highest BCUT2D eigenvalue weighted by Gasteiger charge is 2.32. The minimum absolute atomic E-state index is 0.101. The lowest BCUT2D eigenvalue weighted by Crippen LogP contribution is -2.37. The van der Waals surface area contributed by atoms with Crippen molar-refractivity contribution in [3.8, 4) is 0 Å². The Morgan fingerprint density at radius 1 is 1.29 bits per heavy atom. The summed E-state index contributed by atoms with van der Waals surface area (Å²) in [7, 11) is -3.40. The van der Waals surface area contributed by atoms with Crippen molar-refractivity contribution in [2.24, 2.45) is 0 Å². The van der Waals surface area contributed by atoms with Crippen molar-refractivity contribution in [2.45, 2.75) is 35.8 Å². The molecule has 2 fully saturated rings. The fourth-order valence-corrected chi connectivity index (χ4v) is 3.55. The Morgan fingerprint density at radius 2 is 2.00 bits per heavy atom. The van der Waals surface area contributed by atoms with Crippen LogP contribution in [0, 0.1) is 0 Å². The highest BCUT2D eigenvalue weighted by atomic mass is 32.2. The van der Waals surface area contributed by atoms with Gasteiger partial charge in [0.2, 0.25) is 10.0 Å². The smallest absolute Gasteiger partial charge is 0.240 e. The van der Waals surface area contributed by atoms with E-state index >= 15 is 0 Å². The molecule has 1 aliphatic heterocycles. The Labute approximate surface area is 124 Å². The molecule has 0 radical (unpaired) electrons. The Kier molecular flexibility index (Phi) is 3.92. The summed E-state index contributed by atoms with van der Waals surface area (Å²) in [6.07, 6.45) is 2.44. The van der Waals surface area contributed by atoms with Crippen LogP contribution < -0.4 is 10.0 Å². The molecule has 2 aliphatic rings. The number of sulfonamides is 1. The first-order valence-corrected chi connectivity index (χ1v) is 8.62. The van der Waals surface area contributed by atoms with E-state index < -0.39 is 15.6 Å². The van der Waals surface area contributed by atoms with Crippen molar-refractivity contribution >= 4 is 15.7 Å². The highest BCUT2D eigenvalue weighted by molar-refractivity contribution is 7.89. The fourth-order valence-electron chi connectivity index (χ4n) is 2.24. The second kappa shape index (κ2) is 5.57. The van der Waals surface area contributed by atoms with E-state index in [1.165, 1.54) is 0 Å². The normalized spacial score (nSPS) is 26.0. The molecule has 1 aliphatic carbocycles. The maximum atomic E-state index is 12.0. The Hall–Kier alpha value is -1.15. The molecule has 0 aromatic heterocycles. The second-order valence-electron chi connectivity index (χ2n) is 5.80. The second-order valence-corrected chi connectivity index (χ2v) is 7.51. The first-order chi connectivity index (χ1) is 9.97. The average Bonchev–Trinajstić information content (AvgIpc) is 3.15. The van der Waals surface area contributed by atoms with Crippen LogP contribution in [0.15, 0.2) is 29.2 Å². The lowest BCUT2D eigenvalue weighted by molar-refractivity contribution is 0.0382. The Bertz CT molecular complexity index is 590. The van der Waals surface area contributed by atoms with E-state index in [-0.39, 0.29) is 10.9 Å². The van der Waals surface area contributed by atoms with Crippen molar-refractivity contribution in [1.29, 1.82) is 0 Å². The van der Waals surface area contributed by atoms with Gasteiger partial charge in [0.25, 0.3) is 0 Å². The van der Waals surface area contributed by atoms with E-state index in [1.807, 2.05) is 0 Å². The molecule has 1 aromatic rings. The molecule has 21 heavy (non-hydrogen) atoms. The molecule has 1 saturated heterocycles. The average molecular weight is 312 g/mol. The van der Waals surface area contributed by atoms with Gasteiger partial charge in [0.1, 0.15) is 5.60 Å². The van der Waals surface area contributed by atoms with Crippen LogP contribution in [0.4, 0.5) is 5.69 Å².